The largest absolute Gasteiger partial charge is 0.367 e. The number of imidazole rings is 1. The third-order valence-corrected chi connectivity index (χ3v) is 7.55. The minimum absolute atomic E-state index is 0.000907. The number of hydrogen-bond acceptors (Lipinski definition) is 6. The highest BCUT2D eigenvalue weighted by atomic mass is 35.5. The Morgan fingerprint density at radius 1 is 1.10 bits per heavy atom. The van der Waals surface area contributed by atoms with E-state index in [2.05, 4.69) is 25.3 Å². The van der Waals surface area contributed by atoms with Gasteiger partial charge in [-0.15, -0.1) is 0 Å². The molecule has 39 heavy (non-hydrogen) atoms. The second kappa shape index (κ2) is 10.2. The van der Waals surface area contributed by atoms with E-state index in [1.165, 1.54) is 6.33 Å². The number of fused-ring (bicyclic) bond motifs is 2. The van der Waals surface area contributed by atoms with E-state index in [9.17, 15) is 9.59 Å². The van der Waals surface area contributed by atoms with Gasteiger partial charge in [-0.3, -0.25) is 14.3 Å². The molecule has 1 aromatic carbocycles. The van der Waals surface area contributed by atoms with Crippen molar-refractivity contribution in [1.29, 1.82) is 0 Å². The van der Waals surface area contributed by atoms with Gasteiger partial charge in [0, 0.05) is 53.7 Å². The smallest absolute Gasteiger partial charge is 0.327 e. The Labute approximate surface area is 229 Å². The number of pyridine rings is 1. The van der Waals surface area contributed by atoms with Crippen LogP contribution in [-0.2, 0) is 11.3 Å². The molecule has 0 atom stereocenters. The van der Waals surface area contributed by atoms with E-state index in [0.29, 0.717) is 48.1 Å². The number of aromatic nitrogens is 6. The van der Waals surface area contributed by atoms with E-state index in [1.807, 2.05) is 65.9 Å². The number of piperidine rings is 1. The Balaban J connectivity index is 1.27. The zero-order valence-electron chi connectivity index (χ0n) is 21.8. The maximum atomic E-state index is 13.5. The fraction of sp³-hybridized carbons (Fsp3) is 0.321. The molecule has 0 unspecified atom stereocenters. The van der Waals surface area contributed by atoms with Gasteiger partial charge in [-0.1, -0.05) is 29.8 Å². The van der Waals surface area contributed by atoms with Gasteiger partial charge in [0.05, 0.1) is 10.9 Å². The number of rotatable bonds is 6. The lowest BCUT2D eigenvalue weighted by Gasteiger charge is -2.32. The molecule has 1 fully saturated rings. The Morgan fingerprint density at radius 3 is 2.67 bits per heavy atom. The van der Waals surface area contributed by atoms with Gasteiger partial charge in [0.1, 0.15) is 24.3 Å². The molecule has 4 aromatic heterocycles. The molecule has 11 heteroatoms. The molecular formula is C28H29ClN8O2. The summed E-state index contributed by atoms with van der Waals surface area (Å²) in [5, 5.41) is 4.85. The van der Waals surface area contributed by atoms with Gasteiger partial charge in [-0.05, 0) is 44.9 Å². The normalized spacial score (nSPS) is 14.5. The molecule has 6 rings (SSSR count). The van der Waals surface area contributed by atoms with E-state index in [0.717, 1.165) is 22.0 Å². The van der Waals surface area contributed by atoms with Crippen LogP contribution in [0.3, 0.4) is 0 Å². The second-order valence-electron chi connectivity index (χ2n) is 10.2. The van der Waals surface area contributed by atoms with Crippen LogP contribution in [0.15, 0.2) is 59.9 Å². The van der Waals surface area contributed by atoms with E-state index in [1.54, 1.807) is 10.8 Å². The van der Waals surface area contributed by atoms with Crippen molar-refractivity contribution in [3.63, 3.8) is 0 Å². The van der Waals surface area contributed by atoms with Crippen molar-refractivity contribution in [3.8, 4) is 11.1 Å². The van der Waals surface area contributed by atoms with Crippen LogP contribution >= 0.6 is 11.6 Å². The topological polar surface area (TPSA) is 114 Å². The van der Waals surface area contributed by atoms with Crippen LogP contribution in [0.2, 0.25) is 5.02 Å². The first-order valence-corrected chi connectivity index (χ1v) is 13.5. The predicted molar refractivity (Wildman–Crippen MR) is 152 cm³/mol. The minimum atomic E-state index is -0.162. The summed E-state index contributed by atoms with van der Waals surface area (Å²) in [4.78, 5) is 44.1. The number of aromatic amines is 1. The summed E-state index contributed by atoms with van der Waals surface area (Å²) in [6.07, 6.45) is 6.50. The molecule has 2 N–H and O–H groups in total. The predicted octanol–water partition coefficient (Wildman–Crippen LogP) is 4.47. The van der Waals surface area contributed by atoms with Crippen molar-refractivity contribution in [1.82, 2.24) is 34.0 Å². The zero-order chi connectivity index (χ0) is 27.1. The van der Waals surface area contributed by atoms with Crippen molar-refractivity contribution in [2.75, 3.05) is 18.4 Å². The van der Waals surface area contributed by atoms with E-state index in [-0.39, 0.29) is 30.2 Å². The minimum Gasteiger partial charge on any atom is -0.367 e. The number of carbonyl (C=O) groups is 1. The molecule has 0 aliphatic carbocycles. The second-order valence-corrected chi connectivity index (χ2v) is 10.6. The maximum Gasteiger partial charge on any atom is 0.327 e. The number of anilines is 1. The van der Waals surface area contributed by atoms with Gasteiger partial charge in [-0.2, -0.15) is 0 Å². The number of carbonyl (C=O) groups excluding carboxylic acids is 1. The van der Waals surface area contributed by atoms with Crippen LogP contribution in [0.1, 0.15) is 32.7 Å². The molecule has 1 amide bonds. The van der Waals surface area contributed by atoms with Crippen molar-refractivity contribution < 1.29 is 4.79 Å². The Bertz CT molecular complexity index is 1730. The lowest BCUT2D eigenvalue weighted by molar-refractivity contribution is -0.133. The van der Waals surface area contributed by atoms with Crippen molar-refractivity contribution in [2.24, 2.45) is 0 Å². The molecule has 5 heterocycles. The van der Waals surface area contributed by atoms with E-state index >= 15 is 0 Å². The summed E-state index contributed by atoms with van der Waals surface area (Å²) in [6.45, 7) is 5.37. The van der Waals surface area contributed by atoms with Crippen LogP contribution in [0.5, 0.6) is 0 Å². The van der Waals surface area contributed by atoms with Gasteiger partial charge in [0.15, 0.2) is 5.65 Å². The molecule has 1 aliphatic rings. The molecule has 10 nitrogen and oxygen atoms in total. The highest BCUT2D eigenvalue weighted by Crippen LogP contribution is 2.37. The van der Waals surface area contributed by atoms with E-state index in [4.69, 9.17) is 11.6 Å². The third-order valence-electron chi connectivity index (χ3n) is 7.22. The summed E-state index contributed by atoms with van der Waals surface area (Å²) in [7, 11) is 0. The quantitative estimate of drug-likeness (QED) is 0.326. The molecule has 0 spiro atoms. The van der Waals surface area contributed by atoms with Crippen LogP contribution in [0.4, 0.5) is 5.82 Å². The zero-order valence-corrected chi connectivity index (χ0v) is 22.5. The van der Waals surface area contributed by atoms with Crippen LogP contribution in [0, 0.1) is 0 Å². The number of H-pyrrole nitrogens is 1. The average molecular weight is 545 g/mol. The summed E-state index contributed by atoms with van der Waals surface area (Å²) in [5.74, 6) is 0.705. The van der Waals surface area contributed by atoms with Crippen LogP contribution in [0.25, 0.3) is 33.3 Å². The average Bonchev–Trinajstić information content (AvgIpc) is 3.46. The number of hydrogen-bond donors (Lipinski definition) is 2. The molecule has 5 aromatic rings. The van der Waals surface area contributed by atoms with Crippen molar-refractivity contribution in [2.45, 2.75) is 45.3 Å². The number of nitrogens with zero attached hydrogens (tertiary/aromatic N) is 6. The number of amides is 1. The summed E-state index contributed by atoms with van der Waals surface area (Å²) in [5.41, 5.74) is 3.62. The summed E-state index contributed by atoms with van der Waals surface area (Å²) >= 11 is 6.58. The van der Waals surface area contributed by atoms with Crippen molar-refractivity contribution >= 4 is 45.5 Å². The van der Waals surface area contributed by atoms with Gasteiger partial charge in [0.2, 0.25) is 5.91 Å². The van der Waals surface area contributed by atoms with Crippen molar-refractivity contribution in [3.05, 3.63) is 70.6 Å². The lowest BCUT2D eigenvalue weighted by Crippen LogP contribution is -2.41. The Hall–Kier alpha value is -4.18. The molecule has 1 saturated heterocycles. The van der Waals surface area contributed by atoms with Gasteiger partial charge < -0.3 is 14.8 Å². The molecule has 0 radical (unpaired) electrons. The first-order chi connectivity index (χ1) is 18.9. The SMILES string of the molecule is CC(C)Nc1ncnc2c1c(-c1ccccc1Cl)cn2CC(=O)N1CCC(n2c(=O)[nH]c3ncccc32)CC1. The Morgan fingerprint density at radius 2 is 1.90 bits per heavy atom. The first kappa shape index (κ1) is 25.1. The highest BCUT2D eigenvalue weighted by molar-refractivity contribution is 6.33. The molecule has 200 valence electrons. The fourth-order valence-corrected chi connectivity index (χ4v) is 5.69. The lowest BCUT2D eigenvalue weighted by atomic mass is 10.0. The Kier molecular flexibility index (Phi) is 6.56. The number of benzene rings is 1. The summed E-state index contributed by atoms with van der Waals surface area (Å²) < 4.78 is 3.66. The summed E-state index contributed by atoms with van der Waals surface area (Å²) in [6, 6.07) is 11.5. The van der Waals surface area contributed by atoms with Gasteiger partial charge in [-0.25, -0.2) is 19.7 Å². The third kappa shape index (κ3) is 4.65. The van der Waals surface area contributed by atoms with Crippen LogP contribution in [-0.4, -0.2) is 59.0 Å². The maximum absolute atomic E-state index is 13.5. The number of likely N-dealkylation sites (tertiary alicyclic amines) is 1. The van der Waals surface area contributed by atoms with Gasteiger partial charge in [0.25, 0.3) is 0 Å². The van der Waals surface area contributed by atoms with Gasteiger partial charge >= 0.3 is 5.69 Å². The number of nitrogens with one attached hydrogen (secondary N) is 2. The molecule has 1 aliphatic heterocycles. The molecule has 0 bridgehead atoms. The fourth-order valence-electron chi connectivity index (χ4n) is 5.45. The molecular weight excluding hydrogens is 516 g/mol. The standard InChI is InChI=1S/C28H29ClN8O2/c1-17(2)33-26-24-20(19-6-3-4-7-21(19)29)14-36(27(24)32-16-31-26)15-23(38)35-12-9-18(10-13-35)37-22-8-5-11-30-25(22)34-28(37)39/h3-8,11,14,16-18H,9-10,12-13,15H2,1-2H3,(H,30,34,39)(H,31,32,33). The molecule has 0 saturated carbocycles. The van der Waals surface area contributed by atoms with Crippen LogP contribution < -0.4 is 11.0 Å². The number of halogens is 1. The first-order valence-electron chi connectivity index (χ1n) is 13.1. The monoisotopic (exact) mass is 544 g/mol. The van der Waals surface area contributed by atoms with E-state index < -0.39 is 0 Å². The highest BCUT2D eigenvalue weighted by Gasteiger charge is 2.27.